The Hall–Kier alpha value is -6.20. The van der Waals surface area contributed by atoms with Gasteiger partial charge >= 0.3 is 0 Å². The molecule has 3 aromatic heterocycles. The van der Waals surface area contributed by atoms with Crippen LogP contribution in [0.2, 0.25) is 0 Å². The van der Waals surface area contributed by atoms with Crippen molar-refractivity contribution in [3.63, 3.8) is 0 Å². The van der Waals surface area contributed by atoms with Crippen molar-refractivity contribution in [2.24, 2.45) is 0 Å². The molecule has 0 saturated carbocycles. The summed E-state index contributed by atoms with van der Waals surface area (Å²) >= 11 is 0. The Morgan fingerprint density at radius 2 is 0.978 bits per heavy atom. The molecule has 3 heterocycles. The minimum Gasteiger partial charge on any atom is -0.454 e. The summed E-state index contributed by atoms with van der Waals surface area (Å²) < 4.78 is 6.35. The molecule has 0 aliphatic heterocycles. The Labute approximate surface area is 258 Å². The highest BCUT2D eigenvalue weighted by Crippen LogP contribution is 2.41. The second-order valence-corrected chi connectivity index (χ2v) is 11.1. The molecular weight excluding hydrogens is 552 g/mol. The predicted molar refractivity (Wildman–Crippen MR) is 182 cm³/mol. The summed E-state index contributed by atoms with van der Waals surface area (Å²) in [6.07, 6.45) is 0. The minimum absolute atomic E-state index is 0.630. The third-order valence-electron chi connectivity index (χ3n) is 8.32. The van der Waals surface area contributed by atoms with Gasteiger partial charge in [0.2, 0.25) is 0 Å². The molecule has 0 spiro atoms. The van der Waals surface area contributed by atoms with Crippen LogP contribution in [-0.4, -0.2) is 19.9 Å². The van der Waals surface area contributed by atoms with E-state index in [1.54, 1.807) is 0 Å². The molecule has 0 aliphatic carbocycles. The molecule has 9 aromatic rings. The van der Waals surface area contributed by atoms with E-state index in [9.17, 15) is 0 Å². The van der Waals surface area contributed by atoms with Crippen molar-refractivity contribution in [3.8, 4) is 45.3 Å². The number of fused-ring (bicyclic) bond motifs is 5. The summed E-state index contributed by atoms with van der Waals surface area (Å²) in [6.45, 7) is 0. The van der Waals surface area contributed by atoms with Gasteiger partial charge in [-0.2, -0.15) is 0 Å². The van der Waals surface area contributed by atoms with Crippen LogP contribution in [0, 0.1) is 0 Å². The van der Waals surface area contributed by atoms with Gasteiger partial charge in [-0.15, -0.1) is 0 Å². The Morgan fingerprint density at radius 3 is 1.71 bits per heavy atom. The maximum Gasteiger partial charge on any atom is 0.164 e. The van der Waals surface area contributed by atoms with Gasteiger partial charge in [0.1, 0.15) is 11.1 Å². The minimum atomic E-state index is 0.630. The monoisotopic (exact) mass is 576 g/mol. The van der Waals surface area contributed by atoms with E-state index in [1.807, 2.05) is 91.0 Å². The number of rotatable bonds is 4. The van der Waals surface area contributed by atoms with Crippen molar-refractivity contribution in [2.45, 2.75) is 0 Å². The Bertz CT molecular complexity index is 2480. The second-order valence-electron chi connectivity index (χ2n) is 11.1. The van der Waals surface area contributed by atoms with E-state index in [0.717, 1.165) is 71.6 Å². The van der Waals surface area contributed by atoms with Gasteiger partial charge in [-0.3, -0.25) is 0 Å². The number of benzene rings is 6. The Kier molecular flexibility index (Phi) is 5.74. The topological polar surface area (TPSA) is 64.7 Å². The molecule has 5 nitrogen and oxygen atoms in total. The number of nitrogens with zero attached hydrogens (tertiary/aromatic N) is 4. The first-order valence-electron chi connectivity index (χ1n) is 14.9. The van der Waals surface area contributed by atoms with Crippen LogP contribution in [-0.2, 0) is 0 Å². The summed E-state index contributed by atoms with van der Waals surface area (Å²) in [4.78, 5) is 20.0. The van der Waals surface area contributed by atoms with E-state index < -0.39 is 0 Å². The number of aromatic nitrogens is 4. The average Bonchev–Trinajstić information content (AvgIpc) is 3.48. The van der Waals surface area contributed by atoms with E-state index in [-0.39, 0.29) is 0 Å². The largest absolute Gasteiger partial charge is 0.454 e. The fourth-order valence-corrected chi connectivity index (χ4v) is 6.23. The van der Waals surface area contributed by atoms with Gasteiger partial charge in [-0.1, -0.05) is 127 Å². The zero-order chi connectivity index (χ0) is 29.7. The van der Waals surface area contributed by atoms with Gasteiger partial charge in [0.15, 0.2) is 23.1 Å². The number of hydrogen-bond acceptors (Lipinski definition) is 5. The quantitative estimate of drug-likeness (QED) is 0.209. The first-order chi connectivity index (χ1) is 22.3. The molecule has 9 rings (SSSR count). The highest BCUT2D eigenvalue weighted by atomic mass is 16.3. The normalized spacial score (nSPS) is 11.6. The van der Waals surface area contributed by atoms with E-state index in [1.165, 1.54) is 0 Å². The second kappa shape index (κ2) is 10.2. The standard InChI is InChI=1S/C40H24N4O/c1-3-12-25(13-4-1)38-42-39(26-14-5-2-6-15-26)44-40(43-38)32-21-10-17-28-29(18-9-19-30(28)32)31-20-11-23-34-36(31)37-35(45-34)24-27-16-7-8-22-33(27)41-37/h1-24H. The highest BCUT2D eigenvalue weighted by molar-refractivity contribution is 6.16. The van der Waals surface area contributed by atoms with Crippen molar-refractivity contribution in [3.05, 3.63) is 146 Å². The molecule has 0 amide bonds. The van der Waals surface area contributed by atoms with E-state index in [4.69, 9.17) is 24.4 Å². The van der Waals surface area contributed by atoms with Crippen LogP contribution in [0.4, 0.5) is 0 Å². The lowest BCUT2D eigenvalue weighted by molar-refractivity contribution is 0.669. The first-order valence-corrected chi connectivity index (χ1v) is 14.9. The SMILES string of the molecule is c1ccc(-c2nc(-c3ccccc3)nc(-c3cccc4c(-c5cccc6oc7cc8ccccc8nc7c56)cccc34)n2)cc1. The van der Waals surface area contributed by atoms with Crippen LogP contribution in [0.15, 0.2) is 150 Å². The summed E-state index contributed by atoms with van der Waals surface area (Å²) in [5.74, 6) is 1.91. The first kappa shape index (κ1) is 25.3. The molecule has 0 fully saturated rings. The van der Waals surface area contributed by atoms with Crippen molar-refractivity contribution in [2.75, 3.05) is 0 Å². The molecule has 5 heteroatoms. The molecule has 0 radical (unpaired) electrons. The zero-order valence-corrected chi connectivity index (χ0v) is 24.1. The maximum atomic E-state index is 6.35. The molecule has 45 heavy (non-hydrogen) atoms. The zero-order valence-electron chi connectivity index (χ0n) is 24.1. The predicted octanol–water partition coefficient (Wildman–Crippen LogP) is 10.1. The summed E-state index contributed by atoms with van der Waals surface area (Å²) in [6, 6.07) is 49.3. The summed E-state index contributed by atoms with van der Waals surface area (Å²) in [5.41, 5.74) is 8.40. The van der Waals surface area contributed by atoms with Gasteiger partial charge in [0.05, 0.1) is 10.9 Å². The maximum absolute atomic E-state index is 6.35. The van der Waals surface area contributed by atoms with E-state index in [0.29, 0.717) is 17.5 Å². The van der Waals surface area contributed by atoms with Crippen LogP contribution in [0.5, 0.6) is 0 Å². The lowest BCUT2D eigenvalue weighted by Gasteiger charge is -2.13. The number of para-hydroxylation sites is 1. The van der Waals surface area contributed by atoms with Gasteiger partial charge in [0.25, 0.3) is 0 Å². The van der Waals surface area contributed by atoms with Crippen molar-refractivity contribution >= 4 is 43.7 Å². The fourth-order valence-electron chi connectivity index (χ4n) is 6.23. The molecule has 0 unspecified atom stereocenters. The van der Waals surface area contributed by atoms with Gasteiger partial charge in [-0.05, 0) is 40.1 Å². The Balaban J connectivity index is 1.28. The third kappa shape index (κ3) is 4.25. The number of furan rings is 1. The van der Waals surface area contributed by atoms with Crippen LogP contribution < -0.4 is 0 Å². The molecule has 0 saturated heterocycles. The van der Waals surface area contributed by atoms with Crippen LogP contribution >= 0.6 is 0 Å². The van der Waals surface area contributed by atoms with Crippen LogP contribution in [0.1, 0.15) is 0 Å². The van der Waals surface area contributed by atoms with Crippen molar-refractivity contribution in [1.29, 1.82) is 0 Å². The molecule has 210 valence electrons. The van der Waals surface area contributed by atoms with Crippen molar-refractivity contribution < 1.29 is 4.42 Å². The summed E-state index contributed by atoms with van der Waals surface area (Å²) in [7, 11) is 0. The molecule has 0 atom stereocenters. The third-order valence-corrected chi connectivity index (χ3v) is 8.32. The van der Waals surface area contributed by atoms with Gasteiger partial charge < -0.3 is 4.42 Å². The highest BCUT2D eigenvalue weighted by Gasteiger charge is 2.18. The molecule has 0 N–H and O–H groups in total. The molecule has 0 bridgehead atoms. The number of hydrogen-bond donors (Lipinski definition) is 0. The van der Waals surface area contributed by atoms with Crippen LogP contribution in [0.25, 0.3) is 89.0 Å². The van der Waals surface area contributed by atoms with Gasteiger partial charge in [-0.25, -0.2) is 19.9 Å². The lowest BCUT2D eigenvalue weighted by Crippen LogP contribution is -2.00. The molecule has 6 aromatic carbocycles. The molecular formula is C40H24N4O. The van der Waals surface area contributed by atoms with E-state index in [2.05, 4.69) is 54.6 Å². The lowest BCUT2D eigenvalue weighted by atomic mass is 9.93. The fraction of sp³-hybridized carbons (Fsp3) is 0. The smallest absolute Gasteiger partial charge is 0.164 e. The Morgan fingerprint density at radius 1 is 0.400 bits per heavy atom. The van der Waals surface area contributed by atoms with E-state index >= 15 is 0 Å². The molecule has 0 aliphatic rings. The average molecular weight is 577 g/mol. The van der Waals surface area contributed by atoms with Crippen molar-refractivity contribution in [1.82, 2.24) is 19.9 Å². The van der Waals surface area contributed by atoms with Crippen LogP contribution in [0.3, 0.4) is 0 Å². The summed E-state index contributed by atoms with van der Waals surface area (Å²) in [5, 5.41) is 4.22. The number of pyridine rings is 1. The van der Waals surface area contributed by atoms with Gasteiger partial charge in [0, 0.05) is 22.1 Å².